The van der Waals surface area contributed by atoms with Crippen molar-refractivity contribution in [1.29, 1.82) is 0 Å². The second kappa shape index (κ2) is 7.04. The molecule has 0 heterocycles. The summed E-state index contributed by atoms with van der Waals surface area (Å²) in [6.07, 6.45) is 0.276. The second-order valence-corrected chi connectivity index (χ2v) is 6.18. The smallest absolute Gasteiger partial charge is 0.0894 e. The highest BCUT2D eigenvalue weighted by Gasteiger charge is 2.14. The van der Waals surface area contributed by atoms with Crippen molar-refractivity contribution in [2.75, 3.05) is 19.7 Å². The molecule has 0 aromatic heterocycles. The van der Waals surface area contributed by atoms with E-state index in [2.05, 4.69) is 51.2 Å². The minimum absolute atomic E-state index is 0.187. The van der Waals surface area contributed by atoms with E-state index in [9.17, 15) is 5.11 Å². The zero-order valence-corrected chi connectivity index (χ0v) is 12.5. The number of aliphatic hydroxyl groups is 2. The average Bonchev–Trinajstić information content (AvgIpc) is 2.34. The first-order valence-corrected chi connectivity index (χ1v) is 6.94. The van der Waals surface area contributed by atoms with Crippen LogP contribution in [0.3, 0.4) is 0 Å². The summed E-state index contributed by atoms with van der Waals surface area (Å²) in [4.78, 5) is 0. The number of rotatable bonds is 6. The zero-order valence-electron chi connectivity index (χ0n) is 12.5. The van der Waals surface area contributed by atoms with Crippen molar-refractivity contribution in [3.8, 4) is 0 Å². The average molecular weight is 265 g/mol. The highest BCUT2D eigenvalue weighted by atomic mass is 16.3. The van der Waals surface area contributed by atoms with Crippen LogP contribution in [-0.2, 0) is 11.8 Å². The van der Waals surface area contributed by atoms with E-state index in [1.165, 1.54) is 16.7 Å². The summed E-state index contributed by atoms with van der Waals surface area (Å²) in [7, 11) is 0. The SMILES string of the molecule is Cc1cc(C(C)(C)C)ccc1CCNCC(O)CO. The van der Waals surface area contributed by atoms with Gasteiger partial charge in [0.05, 0.1) is 12.7 Å². The Morgan fingerprint density at radius 1 is 1.26 bits per heavy atom. The first kappa shape index (κ1) is 16.2. The summed E-state index contributed by atoms with van der Waals surface area (Å²) >= 11 is 0. The maximum atomic E-state index is 9.22. The zero-order chi connectivity index (χ0) is 14.5. The van der Waals surface area contributed by atoms with E-state index >= 15 is 0 Å². The Kier molecular flexibility index (Phi) is 5.98. The molecule has 0 spiro atoms. The molecule has 1 aromatic carbocycles. The van der Waals surface area contributed by atoms with Gasteiger partial charge in [0.25, 0.3) is 0 Å². The fraction of sp³-hybridized carbons (Fsp3) is 0.625. The number of hydrogen-bond acceptors (Lipinski definition) is 3. The third-order valence-electron chi connectivity index (χ3n) is 3.37. The van der Waals surface area contributed by atoms with E-state index in [4.69, 9.17) is 5.11 Å². The molecule has 0 saturated carbocycles. The van der Waals surface area contributed by atoms with Gasteiger partial charge in [0.2, 0.25) is 0 Å². The third-order valence-corrected chi connectivity index (χ3v) is 3.37. The first-order chi connectivity index (χ1) is 8.84. The molecule has 1 atom stereocenters. The summed E-state index contributed by atoms with van der Waals surface area (Å²) in [5.74, 6) is 0. The molecule has 0 aliphatic carbocycles. The lowest BCUT2D eigenvalue weighted by molar-refractivity contribution is 0.0947. The van der Waals surface area contributed by atoms with Gasteiger partial charge >= 0.3 is 0 Å². The molecular formula is C16H27NO2. The van der Waals surface area contributed by atoms with Crippen molar-refractivity contribution in [2.45, 2.75) is 45.6 Å². The van der Waals surface area contributed by atoms with E-state index in [1.807, 2.05) is 0 Å². The van der Waals surface area contributed by atoms with Gasteiger partial charge in [-0.3, -0.25) is 0 Å². The molecule has 0 fully saturated rings. The maximum Gasteiger partial charge on any atom is 0.0894 e. The number of nitrogens with one attached hydrogen (secondary N) is 1. The largest absolute Gasteiger partial charge is 0.394 e. The lowest BCUT2D eigenvalue weighted by atomic mass is 9.85. The highest BCUT2D eigenvalue weighted by molar-refractivity contribution is 5.34. The van der Waals surface area contributed by atoms with Gasteiger partial charge in [-0.2, -0.15) is 0 Å². The van der Waals surface area contributed by atoms with Crippen LogP contribution in [0.1, 0.15) is 37.5 Å². The van der Waals surface area contributed by atoms with E-state index in [1.54, 1.807) is 0 Å². The summed E-state index contributed by atoms with van der Waals surface area (Å²) in [6.45, 7) is 9.87. The fourth-order valence-electron chi connectivity index (χ4n) is 2.00. The summed E-state index contributed by atoms with van der Waals surface area (Å²) < 4.78 is 0. The number of aryl methyl sites for hydroxylation is 1. The molecule has 0 saturated heterocycles. The van der Waals surface area contributed by atoms with Crippen LogP contribution in [0.2, 0.25) is 0 Å². The Morgan fingerprint density at radius 3 is 2.47 bits per heavy atom. The number of benzene rings is 1. The van der Waals surface area contributed by atoms with E-state index in [0.29, 0.717) is 6.54 Å². The van der Waals surface area contributed by atoms with Crippen molar-refractivity contribution in [3.05, 3.63) is 34.9 Å². The Bertz CT molecular complexity index is 396. The topological polar surface area (TPSA) is 52.5 Å². The highest BCUT2D eigenvalue weighted by Crippen LogP contribution is 2.24. The molecule has 19 heavy (non-hydrogen) atoms. The Morgan fingerprint density at radius 2 is 1.95 bits per heavy atom. The molecule has 0 radical (unpaired) electrons. The van der Waals surface area contributed by atoms with Gasteiger partial charge in [-0.15, -0.1) is 0 Å². The quantitative estimate of drug-likeness (QED) is 0.687. The molecule has 3 heteroatoms. The second-order valence-electron chi connectivity index (χ2n) is 6.18. The minimum Gasteiger partial charge on any atom is -0.394 e. The van der Waals surface area contributed by atoms with Crippen LogP contribution in [0.25, 0.3) is 0 Å². The Balaban J connectivity index is 2.52. The molecule has 108 valence electrons. The van der Waals surface area contributed by atoms with Crippen molar-refractivity contribution >= 4 is 0 Å². The normalized spacial score (nSPS) is 13.6. The van der Waals surface area contributed by atoms with Gasteiger partial charge in [-0.1, -0.05) is 39.0 Å². The molecule has 1 rings (SSSR count). The van der Waals surface area contributed by atoms with Gasteiger partial charge in [0.15, 0.2) is 0 Å². The molecule has 0 amide bonds. The van der Waals surface area contributed by atoms with Crippen LogP contribution < -0.4 is 5.32 Å². The van der Waals surface area contributed by atoms with Crippen molar-refractivity contribution in [1.82, 2.24) is 5.32 Å². The van der Waals surface area contributed by atoms with Crippen molar-refractivity contribution < 1.29 is 10.2 Å². The standard InChI is InChI=1S/C16H27NO2/c1-12-9-14(16(2,3)4)6-5-13(12)7-8-17-10-15(19)11-18/h5-6,9,15,17-19H,7-8,10-11H2,1-4H3. The summed E-state index contributed by atoms with van der Waals surface area (Å²) in [5, 5.41) is 21.1. The molecular weight excluding hydrogens is 238 g/mol. The lowest BCUT2D eigenvalue weighted by Gasteiger charge is -2.20. The van der Waals surface area contributed by atoms with Crippen LogP contribution in [-0.4, -0.2) is 36.0 Å². The molecule has 3 N–H and O–H groups in total. The van der Waals surface area contributed by atoms with Crippen LogP contribution in [0.15, 0.2) is 18.2 Å². The fourth-order valence-corrected chi connectivity index (χ4v) is 2.00. The number of aliphatic hydroxyl groups excluding tert-OH is 2. The molecule has 3 nitrogen and oxygen atoms in total. The predicted molar refractivity (Wildman–Crippen MR) is 79.5 cm³/mol. The van der Waals surface area contributed by atoms with Gasteiger partial charge in [0, 0.05) is 6.54 Å². The Hall–Kier alpha value is -0.900. The van der Waals surface area contributed by atoms with E-state index in [0.717, 1.165) is 13.0 Å². The van der Waals surface area contributed by atoms with Crippen LogP contribution in [0, 0.1) is 6.92 Å². The first-order valence-electron chi connectivity index (χ1n) is 6.94. The third kappa shape index (κ3) is 5.31. The molecule has 1 unspecified atom stereocenters. The predicted octanol–water partition coefficient (Wildman–Crippen LogP) is 1.78. The monoisotopic (exact) mass is 265 g/mol. The minimum atomic E-state index is -0.663. The van der Waals surface area contributed by atoms with Gasteiger partial charge in [-0.25, -0.2) is 0 Å². The summed E-state index contributed by atoms with van der Waals surface area (Å²) in [5.41, 5.74) is 4.19. The van der Waals surface area contributed by atoms with Gasteiger partial charge in [0.1, 0.15) is 0 Å². The van der Waals surface area contributed by atoms with Crippen molar-refractivity contribution in [3.63, 3.8) is 0 Å². The van der Waals surface area contributed by atoms with Crippen LogP contribution >= 0.6 is 0 Å². The van der Waals surface area contributed by atoms with Crippen LogP contribution in [0.4, 0.5) is 0 Å². The lowest BCUT2D eigenvalue weighted by Crippen LogP contribution is -2.30. The number of hydrogen-bond donors (Lipinski definition) is 3. The summed E-state index contributed by atoms with van der Waals surface area (Å²) in [6, 6.07) is 6.66. The molecule has 0 aliphatic rings. The maximum absolute atomic E-state index is 9.22. The Labute approximate surface area is 116 Å². The van der Waals surface area contributed by atoms with Crippen molar-refractivity contribution in [2.24, 2.45) is 0 Å². The van der Waals surface area contributed by atoms with E-state index in [-0.39, 0.29) is 12.0 Å². The van der Waals surface area contributed by atoms with Crippen LogP contribution in [0.5, 0.6) is 0 Å². The molecule has 0 aliphatic heterocycles. The van der Waals surface area contributed by atoms with Gasteiger partial charge in [-0.05, 0) is 42.0 Å². The van der Waals surface area contributed by atoms with E-state index < -0.39 is 6.10 Å². The molecule has 0 bridgehead atoms. The molecule has 1 aromatic rings. The van der Waals surface area contributed by atoms with Gasteiger partial charge < -0.3 is 15.5 Å².